The number of fused-ring (bicyclic) bond motifs is 1. The summed E-state index contributed by atoms with van der Waals surface area (Å²) >= 11 is 1.60. The maximum Gasteiger partial charge on any atom is 0.243 e. The van der Waals surface area contributed by atoms with Gasteiger partial charge in [0.2, 0.25) is 10.9 Å². The average Bonchev–Trinajstić information content (AvgIpc) is 2.98. The molecule has 0 radical (unpaired) electrons. The van der Waals surface area contributed by atoms with Gasteiger partial charge in [0.25, 0.3) is 0 Å². The van der Waals surface area contributed by atoms with Crippen molar-refractivity contribution in [2.24, 2.45) is 0 Å². The van der Waals surface area contributed by atoms with Gasteiger partial charge in [0.1, 0.15) is 0 Å². The lowest BCUT2D eigenvalue weighted by atomic mass is 10.1. The molecule has 1 N–H and O–H groups in total. The zero-order valence-corrected chi connectivity index (χ0v) is 11.2. The summed E-state index contributed by atoms with van der Waals surface area (Å²) < 4.78 is 1.89. The van der Waals surface area contributed by atoms with Gasteiger partial charge in [0.15, 0.2) is 0 Å². The van der Waals surface area contributed by atoms with Crippen molar-refractivity contribution in [1.82, 2.24) is 14.6 Å². The van der Waals surface area contributed by atoms with Gasteiger partial charge >= 0.3 is 0 Å². The molecule has 0 aliphatic heterocycles. The van der Waals surface area contributed by atoms with Gasteiger partial charge < -0.3 is 5.32 Å². The molecule has 0 amide bonds. The molecule has 0 aliphatic carbocycles. The Kier molecular flexibility index (Phi) is 2.76. The van der Waals surface area contributed by atoms with Crippen LogP contribution in [0.3, 0.4) is 0 Å². The van der Waals surface area contributed by atoms with Gasteiger partial charge in [-0.2, -0.15) is 4.98 Å². The molecule has 0 saturated heterocycles. The van der Waals surface area contributed by atoms with Crippen molar-refractivity contribution in [3.63, 3.8) is 0 Å². The Morgan fingerprint density at radius 1 is 1.28 bits per heavy atom. The van der Waals surface area contributed by atoms with Crippen molar-refractivity contribution in [3.8, 4) is 11.3 Å². The highest BCUT2D eigenvalue weighted by Gasteiger charge is 2.10. The van der Waals surface area contributed by atoms with E-state index in [2.05, 4.69) is 52.0 Å². The SMILES string of the molecule is CCc1ccc(-c2csc3nc(NC)nn23)cc1. The summed E-state index contributed by atoms with van der Waals surface area (Å²) in [5, 5.41) is 9.47. The molecule has 0 unspecified atom stereocenters. The number of anilines is 1. The summed E-state index contributed by atoms with van der Waals surface area (Å²) in [6, 6.07) is 8.60. The number of nitrogens with zero attached hydrogens (tertiary/aromatic N) is 3. The highest BCUT2D eigenvalue weighted by molar-refractivity contribution is 7.15. The van der Waals surface area contributed by atoms with Gasteiger partial charge in [-0.15, -0.1) is 16.4 Å². The molecule has 2 aromatic heterocycles. The van der Waals surface area contributed by atoms with E-state index in [1.54, 1.807) is 11.3 Å². The maximum absolute atomic E-state index is 4.41. The highest BCUT2D eigenvalue weighted by Crippen LogP contribution is 2.26. The molecule has 92 valence electrons. The maximum atomic E-state index is 4.41. The number of thiazole rings is 1. The number of aromatic nitrogens is 3. The minimum Gasteiger partial charge on any atom is -0.356 e. The Labute approximate surface area is 109 Å². The van der Waals surface area contributed by atoms with Crippen LogP contribution in [0.25, 0.3) is 16.2 Å². The number of benzene rings is 1. The van der Waals surface area contributed by atoms with E-state index < -0.39 is 0 Å². The van der Waals surface area contributed by atoms with Crippen LogP contribution in [-0.4, -0.2) is 21.6 Å². The lowest BCUT2D eigenvalue weighted by Crippen LogP contribution is -1.92. The van der Waals surface area contributed by atoms with E-state index >= 15 is 0 Å². The second-order valence-corrected chi connectivity index (χ2v) is 4.89. The van der Waals surface area contributed by atoms with Gasteiger partial charge in [0.05, 0.1) is 5.69 Å². The minimum absolute atomic E-state index is 0.660. The third-order valence-corrected chi connectivity index (χ3v) is 3.78. The summed E-state index contributed by atoms with van der Waals surface area (Å²) in [6.45, 7) is 2.16. The fourth-order valence-electron chi connectivity index (χ4n) is 1.90. The van der Waals surface area contributed by atoms with Crippen molar-refractivity contribution in [2.45, 2.75) is 13.3 Å². The van der Waals surface area contributed by atoms with Crippen LogP contribution in [0.2, 0.25) is 0 Å². The molecule has 3 rings (SSSR count). The van der Waals surface area contributed by atoms with Crippen LogP contribution in [-0.2, 0) is 6.42 Å². The summed E-state index contributed by atoms with van der Waals surface area (Å²) in [7, 11) is 1.83. The van der Waals surface area contributed by atoms with Crippen LogP contribution >= 0.6 is 11.3 Å². The van der Waals surface area contributed by atoms with E-state index in [4.69, 9.17) is 0 Å². The van der Waals surface area contributed by atoms with Gasteiger partial charge in [-0.25, -0.2) is 4.52 Å². The molecule has 3 aromatic rings. The summed E-state index contributed by atoms with van der Waals surface area (Å²) in [4.78, 5) is 5.28. The quantitative estimate of drug-likeness (QED) is 0.785. The van der Waals surface area contributed by atoms with E-state index in [0.717, 1.165) is 17.1 Å². The lowest BCUT2D eigenvalue weighted by Gasteiger charge is -2.00. The monoisotopic (exact) mass is 258 g/mol. The molecule has 0 fully saturated rings. The Hall–Kier alpha value is -1.88. The molecule has 1 aromatic carbocycles. The summed E-state index contributed by atoms with van der Waals surface area (Å²) in [6.07, 6.45) is 1.06. The minimum atomic E-state index is 0.660. The highest BCUT2D eigenvalue weighted by atomic mass is 32.1. The van der Waals surface area contributed by atoms with Crippen LogP contribution in [0, 0.1) is 0 Å². The van der Waals surface area contributed by atoms with Crippen molar-refractivity contribution >= 4 is 22.2 Å². The first-order valence-corrected chi connectivity index (χ1v) is 6.81. The molecule has 0 saturated carbocycles. The first-order chi connectivity index (χ1) is 8.81. The van der Waals surface area contributed by atoms with Crippen LogP contribution in [0.4, 0.5) is 5.95 Å². The third-order valence-electron chi connectivity index (χ3n) is 2.96. The molecule has 18 heavy (non-hydrogen) atoms. The fraction of sp³-hybridized carbons (Fsp3) is 0.231. The fourth-order valence-corrected chi connectivity index (χ4v) is 2.73. The predicted octanol–water partition coefficient (Wildman–Crippen LogP) is 3.06. The molecule has 0 spiro atoms. The van der Waals surface area contributed by atoms with Crippen LogP contribution < -0.4 is 5.32 Å². The molecule has 0 bridgehead atoms. The smallest absolute Gasteiger partial charge is 0.243 e. The molecular formula is C13H14N4S. The Morgan fingerprint density at radius 2 is 2.06 bits per heavy atom. The first kappa shape index (κ1) is 11.2. The Bertz CT molecular complexity index is 666. The van der Waals surface area contributed by atoms with Crippen molar-refractivity contribution < 1.29 is 0 Å². The molecule has 0 aliphatic rings. The zero-order chi connectivity index (χ0) is 12.5. The molecule has 0 atom stereocenters. The molecule has 5 heteroatoms. The second kappa shape index (κ2) is 4.42. The molecular weight excluding hydrogens is 244 g/mol. The average molecular weight is 258 g/mol. The number of aryl methyl sites for hydroxylation is 1. The normalized spacial score (nSPS) is 11.0. The van der Waals surface area contributed by atoms with E-state index in [-0.39, 0.29) is 0 Å². The summed E-state index contributed by atoms with van der Waals surface area (Å²) in [5.41, 5.74) is 3.61. The van der Waals surface area contributed by atoms with Gasteiger partial charge in [0, 0.05) is 18.0 Å². The van der Waals surface area contributed by atoms with Crippen molar-refractivity contribution in [2.75, 3.05) is 12.4 Å². The summed E-state index contributed by atoms with van der Waals surface area (Å²) in [5.74, 6) is 0.660. The lowest BCUT2D eigenvalue weighted by molar-refractivity contribution is 0.985. The number of hydrogen-bond donors (Lipinski definition) is 1. The second-order valence-electron chi connectivity index (χ2n) is 4.05. The first-order valence-electron chi connectivity index (χ1n) is 5.93. The van der Waals surface area contributed by atoms with Crippen LogP contribution in [0.5, 0.6) is 0 Å². The zero-order valence-electron chi connectivity index (χ0n) is 10.3. The molecule has 4 nitrogen and oxygen atoms in total. The van der Waals surface area contributed by atoms with Gasteiger partial charge in [-0.3, -0.25) is 0 Å². The Morgan fingerprint density at radius 3 is 2.72 bits per heavy atom. The standard InChI is InChI=1S/C13H14N4S/c1-3-9-4-6-10(7-5-9)11-8-18-13-15-12(14-2)16-17(11)13/h4-8H,3H2,1-2H3,(H,14,16). The van der Waals surface area contributed by atoms with Gasteiger partial charge in [-0.05, 0) is 12.0 Å². The number of rotatable bonds is 3. The van der Waals surface area contributed by atoms with Gasteiger partial charge in [-0.1, -0.05) is 31.2 Å². The van der Waals surface area contributed by atoms with E-state index in [0.29, 0.717) is 5.95 Å². The van der Waals surface area contributed by atoms with Crippen LogP contribution in [0.15, 0.2) is 29.6 Å². The van der Waals surface area contributed by atoms with Crippen molar-refractivity contribution in [1.29, 1.82) is 0 Å². The van der Waals surface area contributed by atoms with E-state index in [1.807, 2.05) is 11.6 Å². The number of hydrogen-bond acceptors (Lipinski definition) is 4. The predicted molar refractivity (Wildman–Crippen MR) is 75.2 cm³/mol. The van der Waals surface area contributed by atoms with E-state index in [1.165, 1.54) is 11.1 Å². The van der Waals surface area contributed by atoms with Crippen LogP contribution in [0.1, 0.15) is 12.5 Å². The Balaban J connectivity index is 2.09. The van der Waals surface area contributed by atoms with E-state index in [9.17, 15) is 0 Å². The topological polar surface area (TPSA) is 42.2 Å². The largest absolute Gasteiger partial charge is 0.356 e. The molecule has 2 heterocycles. The van der Waals surface area contributed by atoms with Crippen molar-refractivity contribution in [3.05, 3.63) is 35.2 Å². The number of nitrogens with one attached hydrogen (secondary N) is 1. The third kappa shape index (κ3) is 1.76.